The number of hydrogen-bond acceptors (Lipinski definition) is 6. The molecule has 76 heavy (non-hydrogen) atoms. The van der Waals surface area contributed by atoms with Crippen LogP contribution in [0.4, 0.5) is 0 Å². The molecule has 8 aliphatic rings. The Morgan fingerprint density at radius 1 is 0.421 bits per heavy atom. The number of benzene rings is 4. The van der Waals surface area contributed by atoms with Crippen molar-refractivity contribution in [1.82, 2.24) is 0 Å². The molecule has 0 amide bonds. The van der Waals surface area contributed by atoms with Gasteiger partial charge in [-0.15, -0.1) is 0 Å². The lowest BCUT2D eigenvalue weighted by molar-refractivity contribution is -0.00692. The van der Waals surface area contributed by atoms with Crippen molar-refractivity contribution < 1.29 is 34.0 Å². The highest BCUT2D eigenvalue weighted by Gasteiger charge is 2.52. The first-order valence-electron chi connectivity index (χ1n) is 29.8. The maximum atomic E-state index is 12.8. The van der Waals surface area contributed by atoms with Crippen molar-refractivity contribution in [3.8, 4) is 0 Å². The first-order valence-corrected chi connectivity index (χ1v) is 30.9. The third kappa shape index (κ3) is 11.3. The molecule has 0 aromatic heterocycles. The molecular weight excluding hydrogens is 1210 g/mol. The number of carbonyl (C=O) groups excluding carboxylic acids is 2. The molecular formula is C66H80Br4O6. The summed E-state index contributed by atoms with van der Waals surface area (Å²) in [6.07, 6.45) is 16.9. The monoisotopic (exact) mass is 1290 g/mol. The number of halogens is 4. The molecule has 6 nitrogen and oxygen atoms in total. The molecule has 0 saturated heterocycles. The molecule has 4 saturated carbocycles. The quantitative estimate of drug-likeness (QED) is 0.203. The fourth-order valence-electron chi connectivity index (χ4n) is 15.8. The molecule has 10 heteroatoms. The standard InChI is InChI=1S/2C17H21BrO.2C16H19BrO2/c2*1-11-9-17(7-6-16(11)19-3)10-13-4-5-14(18)8-15(13)12(17)2;2*1-10-8-16(6-5-14(10)19-2)9-11-3-4-12(17)7-13(11)15(16)18/h2*4-5,8,11,16H,2,6-7,9-10H2,1,3H3;2*3-4,7,10,14H,5-6,8-9H2,1-2H3/t2*11-,16-,17-;2*10-,14-,16-/m1010/s1/i2*2D2;;. The van der Waals surface area contributed by atoms with Gasteiger partial charge in [0.15, 0.2) is 11.6 Å². The summed E-state index contributed by atoms with van der Waals surface area (Å²) in [5.41, 5.74) is 10.6. The number of Topliss-reactive ketones (excluding diaryl/α,β-unsaturated/α-hetero) is 2. The third-order valence-corrected chi connectivity index (χ3v) is 21.7. The van der Waals surface area contributed by atoms with E-state index in [0.29, 0.717) is 59.7 Å². The van der Waals surface area contributed by atoms with E-state index in [2.05, 4.69) is 140 Å². The van der Waals surface area contributed by atoms with Crippen LogP contribution in [0, 0.1) is 45.3 Å². The molecule has 4 aromatic carbocycles. The Morgan fingerprint density at radius 3 is 0.947 bits per heavy atom. The zero-order chi connectivity index (χ0) is 57.6. The number of hydrogen-bond donors (Lipinski definition) is 0. The summed E-state index contributed by atoms with van der Waals surface area (Å²) < 4.78 is 58.2. The fourth-order valence-corrected chi connectivity index (χ4v) is 17.2. The summed E-state index contributed by atoms with van der Waals surface area (Å²) in [6.45, 7) is 8.85. The summed E-state index contributed by atoms with van der Waals surface area (Å²) in [5.74, 6) is 2.56. The molecule has 12 atom stereocenters. The molecule has 0 radical (unpaired) electrons. The zero-order valence-corrected chi connectivity index (χ0v) is 52.2. The van der Waals surface area contributed by atoms with Crippen LogP contribution >= 0.6 is 63.7 Å². The van der Waals surface area contributed by atoms with Crippen LogP contribution in [-0.2, 0) is 44.6 Å². The molecule has 4 spiro atoms. The number of fused-ring (bicyclic) bond motifs is 4. The lowest BCUT2D eigenvalue weighted by Gasteiger charge is -2.41. The fraction of sp³-hybridized carbons (Fsp3) is 0.545. The average molecular weight is 1290 g/mol. The van der Waals surface area contributed by atoms with Gasteiger partial charge in [0.2, 0.25) is 0 Å². The normalized spacial score (nSPS) is 34.4. The molecule has 0 aliphatic heterocycles. The van der Waals surface area contributed by atoms with E-state index >= 15 is 0 Å². The second-order valence-electron chi connectivity index (χ2n) is 24.4. The summed E-state index contributed by atoms with van der Waals surface area (Å²) in [6, 6.07) is 24.8. The number of methoxy groups -OCH3 is 4. The molecule has 0 heterocycles. The van der Waals surface area contributed by atoms with Gasteiger partial charge in [-0.05, 0) is 230 Å². The second-order valence-corrected chi connectivity index (χ2v) is 28.1. The van der Waals surface area contributed by atoms with Gasteiger partial charge in [-0.3, -0.25) is 9.59 Å². The average Bonchev–Trinajstić information content (AvgIpc) is 4.19. The van der Waals surface area contributed by atoms with Crippen molar-refractivity contribution in [3.05, 3.63) is 148 Å². The van der Waals surface area contributed by atoms with E-state index in [1.165, 1.54) is 22.3 Å². The number of allylic oxidation sites excluding steroid dienone is 2. The summed E-state index contributed by atoms with van der Waals surface area (Å²) >= 11 is 14.0. The minimum atomic E-state index is -0.155. The minimum absolute atomic E-state index is 0.0186. The van der Waals surface area contributed by atoms with Crippen LogP contribution in [0.15, 0.2) is 104 Å². The van der Waals surface area contributed by atoms with Gasteiger partial charge in [-0.1, -0.05) is 129 Å². The molecule has 408 valence electrons. The van der Waals surface area contributed by atoms with Crippen LogP contribution in [0.3, 0.4) is 0 Å². The first kappa shape index (κ1) is 52.8. The number of ether oxygens (including phenoxy) is 4. The van der Waals surface area contributed by atoms with Crippen molar-refractivity contribution in [2.75, 3.05) is 28.4 Å². The predicted octanol–water partition coefficient (Wildman–Crippen LogP) is 17.7. The summed E-state index contributed by atoms with van der Waals surface area (Å²) in [5, 5.41) is 0. The van der Waals surface area contributed by atoms with E-state index in [1.54, 1.807) is 28.4 Å². The highest BCUT2D eigenvalue weighted by molar-refractivity contribution is 9.11. The maximum absolute atomic E-state index is 12.8. The van der Waals surface area contributed by atoms with E-state index in [1.807, 2.05) is 24.3 Å². The Kier molecular flexibility index (Phi) is 16.3. The lowest BCUT2D eigenvalue weighted by atomic mass is 9.65. The Hall–Kier alpha value is -2.54. The Balaban J connectivity index is 0.000000129. The zero-order valence-electron chi connectivity index (χ0n) is 49.8. The Labute approximate surface area is 493 Å². The summed E-state index contributed by atoms with van der Waals surface area (Å²) in [7, 11) is 7.14. The SMILES string of the molecule is CO[C@@H]1CC[C@]2(Cc3ccc(Br)cc3C2=O)C[C@H]1C.CO[C@H]1CC[C@@]2(Cc3ccc(Br)cc3C2=O)C[C@@H]1C.[2H]C([2H])=C1c2cc(Br)ccc2C[C@@]12CC[C@H](OC)[C@@H](C)C2.[2H]C([2H])=C1c2cc(Br)ccc2C[C@]12CC[C@@H](OC)[C@H](C)C2. The van der Waals surface area contributed by atoms with Crippen LogP contribution in [0.2, 0.25) is 0 Å². The van der Waals surface area contributed by atoms with Gasteiger partial charge in [0, 0.05) is 68.3 Å². The first-order chi connectivity index (χ1) is 38.0. The lowest BCUT2D eigenvalue weighted by Crippen LogP contribution is -2.40. The molecule has 0 bridgehead atoms. The Morgan fingerprint density at radius 2 is 0.671 bits per heavy atom. The molecule has 4 aromatic rings. The van der Waals surface area contributed by atoms with Crippen molar-refractivity contribution in [2.45, 2.75) is 155 Å². The van der Waals surface area contributed by atoms with Crippen molar-refractivity contribution in [3.63, 3.8) is 0 Å². The van der Waals surface area contributed by atoms with Crippen LogP contribution in [0.25, 0.3) is 11.1 Å². The van der Waals surface area contributed by atoms with Gasteiger partial charge in [0.05, 0.1) is 29.9 Å². The molecule has 12 rings (SSSR count). The van der Waals surface area contributed by atoms with Gasteiger partial charge in [-0.2, -0.15) is 0 Å². The smallest absolute Gasteiger partial charge is 0.169 e. The van der Waals surface area contributed by atoms with Crippen molar-refractivity contribution in [2.24, 2.45) is 45.3 Å². The van der Waals surface area contributed by atoms with E-state index < -0.39 is 0 Å². The van der Waals surface area contributed by atoms with Crippen LogP contribution < -0.4 is 0 Å². The van der Waals surface area contributed by atoms with Gasteiger partial charge >= 0.3 is 0 Å². The number of rotatable bonds is 4. The summed E-state index contributed by atoms with van der Waals surface area (Å²) in [4.78, 5) is 25.6. The largest absolute Gasteiger partial charge is 0.381 e. The molecule has 4 fully saturated rings. The van der Waals surface area contributed by atoms with Crippen molar-refractivity contribution >= 4 is 86.4 Å². The Bertz CT molecular complexity index is 2850. The van der Waals surface area contributed by atoms with Crippen LogP contribution in [0.1, 0.15) is 164 Å². The van der Waals surface area contributed by atoms with E-state index in [4.69, 9.17) is 24.4 Å². The predicted molar refractivity (Wildman–Crippen MR) is 323 cm³/mol. The van der Waals surface area contributed by atoms with Crippen LogP contribution in [0.5, 0.6) is 0 Å². The topological polar surface area (TPSA) is 71.1 Å². The molecule has 0 N–H and O–H groups in total. The maximum Gasteiger partial charge on any atom is 0.169 e. The van der Waals surface area contributed by atoms with Crippen molar-refractivity contribution in [1.29, 1.82) is 0 Å². The van der Waals surface area contributed by atoms with E-state index in [-0.39, 0.29) is 34.7 Å². The second kappa shape index (κ2) is 23.5. The number of carbonyl (C=O) groups is 2. The molecule has 0 unspecified atom stereocenters. The number of ketones is 2. The molecule has 8 aliphatic carbocycles. The van der Waals surface area contributed by atoms with Gasteiger partial charge in [0.1, 0.15) is 0 Å². The highest BCUT2D eigenvalue weighted by atomic mass is 79.9. The minimum Gasteiger partial charge on any atom is -0.381 e. The van der Waals surface area contributed by atoms with Gasteiger partial charge in [-0.25, -0.2) is 0 Å². The van der Waals surface area contributed by atoms with E-state index in [9.17, 15) is 9.59 Å². The third-order valence-electron chi connectivity index (χ3n) is 19.7. The van der Waals surface area contributed by atoms with Gasteiger partial charge < -0.3 is 18.9 Å². The van der Waals surface area contributed by atoms with E-state index in [0.717, 1.165) is 154 Å². The highest BCUT2D eigenvalue weighted by Crippen LogP contribution is 2.58. The van der Waals surface area contributed by atoms with Crippen LogP contribution in [-0.4, -0.2) is 64.4 Å². The van der Waals surface area contributed by atoms with Gasteiger partial charge in [0.25, 0.3) is 0 Å².